The molecule has 2 rings (SSSR count). The monoisotopic (exact) mass is 277 g/mol. The number of rotatable bonds is 2. The predicted molar refractivity (Wildman–Crippen MR) is 75.1 cm³/mol. The lowest BCUT2D eigenvalue weighted by Gasteiger charge is -2.33. The first-order chi connectivity index (χ1) is 9.10. The van der Waals surface area contributed by atoms with Gasteiger partial charge in [0.2, 0.25) is 0 Å². The summed E-state index contributed by atoms with van der Waals surface area (Å²) in [7, 11) is 0. The number of halogens is 1. The molecular weight excluding hydrogens is 262 g/mol. The highest BCUT2D eigenvalue weighted by molar-refractivity contribution is 6.32. The van der Waals surface area contributed by atoms with E-state index in [1.165, 1.54) is 0 Å². The van der Waals surface area contributed by atoms with Gasteiger partial charge in [0.25, 0.3) is 5.91 Å². The summed E-state index contributed by atoms with van der Waals surface area (Å²) in [4.78, 5) is 12.0. The van der Waals surface area contributed by atoms with Gasteiger partial charge in [-0.3, -0.25) is 4.79 Å². The molecule has 3 nitrogen and oxygen atoms in total. The highest BCUT2D eigenvalue weighted by Gasteiger charge is 2.26. The Balaban J connectivity index is 2.04. The lowest BCUT2D eigenvalue weighted by molar-refractivity contribution is 0.0896. The molecule has 0 saturated heterocycles. The number of aliphatic hydroxyl groups excluding tert-OH is 1. The quantitative estimate of drug-likeness (QED) is 0.815. The molecule has 1 aliphatic carbocycles. The van der Waals surface area contributed by atoms with Gasteiger partial charge in [0.05, 0.1) is 5.02 Å². The fourth-order valence-electron chi connectivity index (χ4n) is 2.18. The Kier molecular flexibility index (Phi) is 4.47. The van der Waals surface area contributed by atoms with Crippen LogP contribution < -0.4 is 5.32 Å². The summed E-state index contributed by atoms with van der Waals surface area (Å²) >= 11 is 6.05. The minimum atomic E-state index is -0.210. The van der Waals surface area contributed by atoms with Gasteiger partial charge in [-0.2, -0.15) is 0 Å². The second-order valence-electron chi connectivity index (χ2n) is 4.90. The number of benzene rings is 1. The summed E-state index contributed by atoms with van der Waals surface area (Å²) < 4.78 is 0. The highest BCUT2D eigenvalue weighted by atomic mass is 35.5. The Morgan fingerprint density at radius 2 is 2.26 bits per heavy atom. The third kappa shape index (κ3) is 3.50. The summed E-state index contributed by atoms with van der Waals surface area (Å²) in [6.07, 6.45) is 2.08. The maximum Gasteiger partial charge on any atom is 0.251 e. The minimum Gasteiger partial charge on any atom is -0.384 e. The second kappa shape index (κ2) is 6.10. The van der Waals surface area contributed by atoms with E-state index in [4.69, 9.17) is 16.7 Å². The lowest BCUT2D eigenvalue weighted by atomic mass is 9.82. The third-order valence-corrected chi connectivity index (χ3v) is 3.56. The van der Waals surface area contributed by atoms with Crippen LogP contribution in [0.2, 0.25) is 5.02 Å². The van der Waals surface area contributed by atoms with Crippen molar-refractivity contribution in [1.29, 1.82) is 0 Å². The molecule has 0 atom stereocenters. The minimum absolute atomic E-state index is 0.0968. The zero-order valence-corrected chi connectivity index (χ0v) is 11.5. The molecule has 4 heteroatoms. The van der Waals surface area contributed by atoms with E-state index in [1.54, 1.807) is 18.2 Å². The summed E-state index contributed by atoms with van der Waals surface area (Å²) in [6.45, 7) is 1.96. The number of hydrogen-bond donors (Lipinski definition) is 2. The van der Waals surface area contributed by atoms with Crippen LogP contribution in [-0.4, -0.2) is 23.7 Å². The van der Waals surface area contributed by atoms with Crippen molar-refractivity contribution >= 4 is 17.5 Å². The fourth-order valence-corrected chi connectivity index (χ4v) is 2.41. The van der Waals surface area contributed by atoms with Gasteiger partial charge in [-0.25, -0.2) is 0 Å². The number of carbonyl (C=O) groups is 1. The molecule has 1 amide bonds. The van der Waals surface area contributed by atoms with Gasteiger partial charge in [-0.1, -0.05) is 30.4 Å². The largest absolute Gasteiger partial charge is 0.384 e. The maximum atomic E-state index is 12.0. The summed E-state index contributed by atoms with van der Waals surface area (Å²) in [5, 5.41) is 12.0. The first-order valence-corrected chi connectivity index (χ1v) is 6.68. The molecule has 0 unspecified atom stereocenters. The summed E-state index contributed by atoms with van der Waals surface area (Å²) in [6, 6.07) is 5.30. The number of amides is 1. The van der Waals surface area contributed by atoms with Crippen LogP contribution >= 0.6 is 11.6 Å². The highest BCUT2D eigenvalue weighted by Crippen LogP contribution is 2.26. The van der Waals surface area contributed by atoms with Crippen LogP contribution in [0, 0.1) is 17.8 Å². The number of aliphatic hydroxyl groups is 1. The molecule has 1 aliphatic rings. The molecule has 0 aromatic heterocycles. The van der Waals surface area contributed by atoms with Gasteiger partial charge in [-0.05, 0) is 37.0 Å². The second-order valence-corrected chi connectivity index (χ2v) is 5.31. The molecule has 0 heterocycles. The van der Waals surface area contributed by atoms with Crippen molar-refractivity contribution in [2.24, 2.45) is 5.92 Å². The first-order valence-electron chi connectivity index (χ1n) is 6.30. The van der Waals surface area contributed by atoms with Crippen LogP contribution in [0.15, 0.2) is 18.2 Å². The Morgan fingerprint density at radius 3 is 2.84 bits per heavy atom. The van der Waals surface area contributed by atoms with E-state index in [2.05, 4.69) is 24.1 Å². The lowest BCUT2D eigenvalue weighted by Crippen LogP contribution is -2.43. The molecular formula is C15H16ClNO2. The van der Waals surface area contributed by atoms with Crippen molar-refractivity contribution in [3.63, 3.8) is 0 Å². The molecule has 1 aromatic carbocycles. The van der Waals surface area contributed by atoms with Gasteiger partial charge in [0.1, 0.15) is 6.61 Å². The average molecular weight is 278 g/mol. The van der Waals surface area contributed by atoms with E-state index in [0.717, 1.165) is 12.8 Å². The zero-order chi connectivity index (χ0) is 13.8. The van der Waals surface area contributed by atoms with Crippen molar-refractivity contribution in [3.8, 4) is 11.8 Å². The molecule has 1 fully saturated rings. The molecule has 2 N–H and O–H groups in total. The van der Waals surface area contributed by atoms with Gasteiger partial charge in [0.15, 0.2) is 0 Å². The fraction of sp³-hybridized carbons (Fsp3) is 0.400. The van der Waals surface area contributed by atoms with Crippen LogP contribution in [0.3, 0.4) is 0 Å². The topological polar surface area (TPSA) is 49.3 Å². The van der Waals surface area contributed by atoms with Gasteiger partial charge in [0, 0.05) is 17.2 Å². The molecule has 0 radical (unpaired) electrons. The van der Waals surface area contributed by atoms with Crippen LogP contribution in [0.25, 0.3) is 0 Å². The van der Waals surface area contributed by atoms with Crippen LogP contribution in [-0.2, 0) is 0 Å². The van der Waals surface area contributed by atoms with E-state index in [0.29, 0.717) is 22.1 Å². The Hall–Kier alpha value is -1.50. The number of carbonyl (C=O) groups excluding carboxylic acids is 1. The molecule has 0 aliphatic heterocycles. The van der Waals surface area contributed by atoms with E-state index in [-0.39, 0.29) is 18.6 Å². The number of nitrogens with one attached hydrogen (secondary N) is 1. The van der Waals surface area contributed by atoms with Gasteiger partial charge < -0.3 is 10.4 Å². The van der Waals surface area contributed by atoms with Gasteiger partial charge in [-0.15, -0.1) is 0 Å². The van der Waals surface area contributed by atoms with Crippen molar-refractivity contribution in [3.05, 3.63) is 34.3 Å². The summed E-state index contributed by atoms with van der Waals surface area (Å²) in [5.74, 6) is 5.87. The molecule has 1 aromatic rings. The first kappa shape index (κ1) is 13.9. The van der Waals surface area contributed by atoms with Crippen molar-refractivity contribution in [2.75, 3.05) is 6.61 Å². The van der Waals surface area contributed by atoms with E-state index >= 15 is 0 Å². The predicted octanol–water partition coefficient (Wildman–Crippen LogP) is 2.21. The standard InChI is InChI=1S/C15H16ClNO2/c1-10-7-13(8-10)17-15(19)12-5-4-11(3-2-6-18)14(16)9-12/h4-5,9-10,13,18H,6-8H2,1H3,(H,17,19). The molecule has 100 valence electrons. The van der Waals surface area contributed by atoms with E-state index in [9.17, 15) is 4.79 Å². The van der Waals surface area contributed by atoms with E-state index in [1.807, 2.05) is 0 Å². The van der Waals surface area contributed by atoms with Crippen molar-refractivity contribution in [1.82, 2.24) is 5.32 Å². The molecule has 0 spiro atoms. The smallest absolute Gasteiger partial charge is 0.251 e. The van der Waals surface area contributed by atoms with Crippen LogP contribution in [0.1, 0.15) is 35.7 Å². The summed E-state index contributed by atoms with van der Waals surface area (Å²) in [5.41, 5.74) is 1.16. The van der Waals surface area contributed by atoms with Crippen molar-refractivity contribution < 1.29 is 9.90 Å². The SMILES string of the molecule is CC1CC(NC(=O)c2ccc(C#CCO)c(Cl)c2)C1. The zero-order valence-electron chi connectivity index (χ0n) is 10.7. The molecule has 19 heavy (non-hydrogen) atoms. The van der Waals surface area contributed by atoms with Crippen LogP contribution in [0.5, 0.6) is 0 Å². The Labute approximate surface area is 118 Å². The third-order valence-electron chi connectivity index (χ3n) is 3.24. The van der Waals surface area contributed by atoms with Crippen molar-refractivity contribution in [2.45, 2.75) is 25.8 Å². The van der Waals surface area contributed by atoms with Crippen LogP contribution in [0.4, 0.5) is 0 Å². The average Bonchev–Trinajstić information content (AvgIpc) is 2.35. The Bertz CT molecular complexity index is 539. The Morgan fingerprint density at radius 1 is 1.53 bits per heavy atom. The normalized spacial score (nSPS) is 21.0. The molecule has 0 bridgehead atoms. The molecule has 1 saturated carbocycles. The van der Waals surface area contributed by atoms with Gasteiger partial charge >= 0.3 is 0 Å². The number of hydrogen-bond acceptors (Lipinski definition) is 2. The van der Waals surface area contributed by atoms with E-state index < -0.39 is 0 Å². The maximum absolute atomic E-state index is 12.0.